The number of aromatic nitrogens is 1. The summed E-state index contributed by atoms with van der Waals surface area (Å²) in [7, 11) is -0.822. The van der Waals surface area contributed by atoms with E-state index < -0.39 is 7.92 Å². The first kappa shape index (κ1) is 21.1. The molecule has 1 aliphatic rings. The zero-order valence-electron chi connectivity index (χ0n) is 19.3. The molecule has 1 atom stereocenters. The Bertz CT molecular complexity index is 1470. The number of rotatable bonds is 5. The lowest BCUT2D eigenvalue weighted by atomic mass is 10.1. The van der Waals surface area contributed by atoms with Crippen LogP contribution in [0.5, 0.6) is 0 Å². The van der Waals surface area contributed by atoms with Crippen LogP contribution in [-0.4, -0.2) is 4.98 Å². The quantitative estimate of drug-likeness (QED) is 0.251. The second kappa shape index (κ2) is 8.70. The second-order valence-corrected chi connectivity index (χ2v) is 11.2. The molecule has 0 saturated heterocycles. The topological polar surface area (TPSA) is 26.0 Å². The van der Waals surface area contributed by atoms with Gasteiger partial charge in [-0.1, -0.05) is 117 Å². The maximum atomic E-state index is 6.04. The summed E-state index contributed by atoms with van der Waals surface area (Å²) in [4.78, 5) is 4.89. The Morgan fingerprint density at radius 1 is 0.765 bits per heavy atom. The van der Waals surface area contributed by atoms with Crippen molar-refractivity contribution in [1.29, 1.82) is 0 Å². The fourth-order valence-corrected chi connectivity index (χ4v) is 7.70. The van der Waals surface area contributed by atoms with Gasteiger partial charge in [0.1, 0.15) is 6.26 Å². The van der Waals surface area contributed by atoms with Crippen LogP contribution in [0.4, 0.5) is 0 Å². The molecule has 6 rings (SSSR count). The highest BCUT2D eigenvalue weighted by Gasteiger charge is 2.32. The van der Waals surface area contributed by atoms with Crippen molar-refractivity contribution in [3.8, 4) is 0 Å². The third-order valence-corrected chi connectivity index (χ3v) is 9.25. The highest BCUT2D eigenvalue weighted by Crippen LogP contribution is 2.54. The second-order valence-electron chi connectivity index (χ2n) is 9.05. The number of allylic oxidation sites excluding steroid dienone is 4. The average Bonchev–Trinajstić information content (AvgIpc) is 3.55. The Hall–Kier alpha value is -3.48. The van der Waals surface area contributed by atoms with Crippen LogP contribution >= 0.6 is 7.92 Å². The van der Waals surface area contributed by atoms with E-state index in [4.69, 9.17) is 9.40 Å². The average molecular weight is 460 g/mol. The molecule has 0 aliphatic heterocycles. The molecule has 0 spiro atoms. The van der Waals surface area contributed by atoms with Gasteiger partial charge in [0.25, 0.3) is 0 Å². The largest absolute Gasteiger partial charge is 0.448 e. The van der Waals surface area contributed by atoms with E-state index in [9.17, 15) is 0 Å². The molecular weight excluding hydrogens is 433 g/mol. The van der Waals surface area contributed by atoms with Gasteiger partial charge in [-0.2, -0.15) is 0 Å². The molecule has 166 valence electrons. The van der Waals surface area contributed by atoms with E-state index >= 15 is 0 Å². The third kappa shape index (κ3) is 3.59. The number of hydrogen-bond donors (Lipinski definition) is 0. The van der Waals surface area contributed by atoms with E-state index in [0.29, 0.717) is 5.92 Å². The molecule has 5 aromatic rings. The van der Waals surface area contributed by atoms with Gasteiger partial charge >= 0.3 is 0 Å². The molecule has 0 fully saturated rings. The van der Waals surface area contributed by atoms with Crippen molar-refractivity contribution >= 4 is 40.1 Å². The van der Waals surface area contributed by atoms with Gasteiger partial charge in [-0.05, 0) is 51.3 Å². The molecular formula is C31H26NOP. The van der Waals surface area contributed by atoms with E-state index in [1.807, 2.05) is 6.26 Å². The van der Waals surface area contributed by atoms with Crippen molar-refractivity contribution in [2.45, 2.75) is 25.7 Å². The summed E-state index contributed by atoms with van der Waals surface area (Å²) < 4.78 is 6.04. The first-order valence-corrected chi connectivity index (χ1v) is 13.1. The normalized spacial score (nSPS) is 15.6. The van der Waals surface area contributed by atoms with Crippen LogP contribution < -0.4 is 10.6 Å². The fourth-order valence-electron chi connectivity index (χ4n) is 4.81. The van der Waals surface area contributed by atoms with Crippen LogP contribution in [0.1, 0.15) is 37.3 Å². The molecule has 3 heteroatoms. The van der Waals surface area contributed by atoms with Crippen molar-refractivity contribution in [3.05, 3.63) is 126 Å². The Kier molecular flexibility index (Phi) is 5.40. The highest BCUT2D eigenvalue weighted by molar-refractivity contribution is 7.77. The number of hydrogen-bond acceptors (Lipinski definition) is 2. The van der Waals surface area contributed by atoms with Crippen molar-refractivity contribution in [3.63, 3.8) is 0 Å². The lowest BCUT2D eigenvalue weighted by Crippen LogP contribution is -2.17. The van der Waals surface area contributed by atoms with E-state index in [1.54, 1.807) is 0 Å². The summed E-state index contributed by atoms with van der Waals surface area (Å²) in [6, 6.07) is 30.9. The maximum Gasteiger partial charge on any atom is 0.205 e. The van der Waals surface area contributed by atoms with E-state index in [-0.39, 0.29) is 5.92 Å². The van der Waals surface area contributed by atoms with Crippen molar-refractivity contribution < 1.29 is 4.42 Å². The van der Waals surface area contributed by atoms with E-state index in [0.717, 1.165) is 11.6 Å². The predicted molar refractivity (Wildman–Crippen MR) is 145 cm³/mol. The molecule has 1 aromatic heterocycles. The first-order valence-electron chi connectivity index (χ1n) is 11.8. The van der Waals surface area contributed by atoms with Crippen LogP contribution in [0.25, 0.3) is 21.5 Å². The van der Waals surface area contributed by atoms with Gasteiger partial charge in [0, 0.05) is 0 Å². The van der Waals surface area contributed by atoms with Crippen LogP contribution in [0, 0.1) is 0 Å². The van der Waals surface area contributed by atoms with E-state index in [1.165, 1.54) is 37.5 Å². The van der Waals surface area contributed by atoms with Gasteiger partial charge in [0.15, 0.2) is 0 Å². The Balaban J connectivity index is 1.58. The summed E-state index contributed by atoms with van der Waals surface area (Å²) in [5.41, 5.74) is 1.01. The van der Waals surface area contributed by atoms with Crippen LogP contribution in [0.15, 0.2) is 119 Å². The number of fused-ring (bicyclic) bond motifs is 2. The summed E-state index contributed by atoms with van der Waals surface area (Å²) >= 11 is 0. The summed E-state index contributed by atoms with van der Waals surface area (Å²) in [6.45, 7) is 4.31. The van der Waals surface area contributed by atoms with Crippen molar-refractivity contribution in [2.75, 3.05) is 0 Å². The molecule has 1 aliphatic carbocycles. The van der Waals surface area contributed by atoms with Gasteiger partial charge in [0.05, 0.1) is 11.6 Å². The molecule has 0 bridgehead atoms. The third-order valence-electron chi connectivity index (χ3n) is 6.56. The monoisotopic (exact) mass is 459 g/mol. The smallest absolute Gasteiger partial charge is 0.205 e. The minimum Gasteiger partial charge on any atom is -0.448 e. The lowest BCUT2D eigenvalue weighted by molar-refractivity contribution is 0.493. The lowest BCUT2D eigenvalue weighted by Gasteiger charge is -2.26. The number of benzene rings is 4. The van der Waals surface area contributed by atoms with Gasteiger partial charge in [-0.3, -0.25) is 0 Å². The van der Waals surface area contributed by atoms with E-state index in [2.05, 4.69) is 117 Å². The zero-order chi connectivity index (χ0) is 23.1. The standard InChI is InChI=1S/C31H26NOP/c1-21(2)27-20-33-31(32-27)26-16-9-19-30(26)34(28-17-7-12-22-10-3-5-14-24(22)28)29-18-8-13-23-11-4-6-15-25(23)29/h3-21,26H,1-2H3/t26-/m1/s1. The molecule has 0 amide bonds. The SMILES string of the molecule is CC(C)c1coc([C@@H]2C=CC=C2P(c2cccc3ccccc23)c2cccc3ccccc23)n1. The van der Waals surface area contributed by atoms with Gasteiger partial charge in [-0.15, -0.1) is 0 Å². The fraction of sp³-hybridized carbons (Fsp3) is 0.129. The first-order chi connectivity index (χ1) is 16.7. The minimum atomic E-state index is -0.822. The molecule has 0 unspecified atom stereocenters. The Labute approximate surface area is 201 Å². The molecule has 4 aromatic carbocycles. The summed E-state index contributed by atoms with van der Waals surface area (Å²) in [6.07, 6.45) is 8.52. The van der Waals surface area contributed by atoms with Crippen molar-refractivity contribution in [2.24, 2.45) is 0 Å². The Morgan fingerprint density at radius 3 is 1.94 bits per heavy atom. The van der Waals surface area contributed by atoms with Gasteiger partial charge in [-0.25, -0.2) is 4.98 Å². The van der Waals surface area contributed by atoms with Gasteiger partial charge < -0.3 is 4.42 Å². The van der Waals surface area contributed by atoms with Crippen LogP contribution in [0.2, 0.25) is 0 Å². The summed E-state index contributed by atoms with van der Waals surface area (Å²) in [5.74, 6) is 1.17. The predicted octanol–water partition coefficient (Wildman–Crippen LogP) is 7.77. The molecule has 1 heterocycles. The molecule has 0 N–H and O–H groups in total. The van der Waals surface area contributed by atoms with Crippen LogP contribution in [-0.2, 0) is 0 Å². The molecule has 2 nitrogen and oxygen atoms in total. The Morgan fingerprint density at radius 2 is 1.35 bits per heavy atom. The molecule has 34 heavy (non-hydrogen) atoms. The van der Waals surface area contributed by atoms with Gasteiger partial charge in [0.2, 0.25) is 5.89 Å². The molecule has 0 saturated carbocycles. The minimum absolute atomic E-state index is 0.0385. The maximum absolute atomic E-state index is 6.04. The molecule has 0 radical (unpaired) electrons. The zero-order valence-corrected chi connectivity index (χ0v) is 20.2. The summed E-state index contributed by atoms with van der Waals surface area (Å²) in [5, 5.41) is 9.28. The number of nitrogens with zero attached hydrogens (tertiary/aromatic N) is 1. The van der Waals surface area contributed by atoms with Crippen molar-refractivity contribution in [1.82, 2.24) is 4.98 Å². The highest BCUT2D eigenvalue weighted by atomic mass is 31.1. The number of oxazole rings is 1. The van der Waals surface area contributed by atoms with Crippen LogP contribution in [0.3, 0.4) is 0 Å².